The van der Waals surface area contributed by atoms with Crippen LogP contribution in [-0.4, -0.2) is 24.2 Å². The van der Waals surface area contributed by atoms with E-state index in [4.69, 9.17) is 10.5 Å². The van der Waals surface area contributed by atoms with E-state index < -0.39 is 0 Å². The zero-order chi connectivity index (χ0) is 20.6. The Morgan fingerprint density at radius 2 is 1.75 bits per heavy atom. The Balaban J connectivity index is 1.77. The van der Waals surface area contributed by atoms with E-state index in [-0.39, 0.29) is 23.0 Å². The molecule has 0 unspecified atom stereocenters. The summed E-state index contributed by atoms with van der Waals surface area (Å²) in [7, 11) is 0. The Morgan fingerprint density at radius 1 is 1.07 bits per heavy atom. The van der Waals surface area contributed by atoms with Crippen molar-refractivity contribution in [2.45, 2.75) is 43.9 Å². The second-order valence-electron chi connectivity index (χ2n) is 7.53. The van der Waals surface area contributed by atoms with Crippen LogP contribution in [0.5, 0.6) is 5.75 Å². The van der Waals surface area contributed by atoms with Gasteiger partial charge in [0.2, 0.25) is 11.8 Å². The molecule has 5 nitrogen and oxygen atoms in total. The Bertz CT molecular complexity index is 798. The van der Waals surface area contributed by atoms with Crippen LogP contribution in [0.1, 0.15) is 39.2 Å². The van der Waals surface area contributed by atoms with Crippen LogP contribution in [0.15, 0.2) is 53.4 Å². The first kappa shape index (κ1) is 21.8. The number of nitrogens with one attached hydrogen (secondary N) is 1. The van der Waals surface area contributed by atoms with Gasteiger partial charge in [0.25, 0.3) is 0 Å². The molecule has 2 rings (SSSR count). The molecule has 0 atom stereocenters. The van der Waals surface area contributed by atoms with Gasteiger partial charge in [0, 0.05) is 11.3 Å². The lowest BCUT2D eigenvalue weighted by Gasteiger charge is -2.19. The zero-order valence-corrected chi connectivity index (χ0v) is 17.5. The quantitative estimate of drug-likeness (QED) is 0.484. The van der Waals surface area contributed by atoms with Crippen molar-refractivity contribution in [2.75, 3.05) is 17.7 Å². The fraction of sp³-hybridized carbons (Fsp3) is 0.364. The van der Waals surface area contributed by atoms with Gasteiger partial charge < -0.3 is 15.8 Å². The van der Waals surface area contributed by atoms with E-state index in [1.807, 2.05) is 36.4 Å². The molecule has 3 N–H and O–H groups in total. The molecule has 2 aromatic carbocycles. The summed E-state index contributed by atoms with van der Waals surface area (Å²) in [6.07, 6.45) is 0.971. The number of hydrogen-bond acceptors (Lipinski definition) is 4. The lowest BCUT2D eigenvalue weighted by Crippen LogP contribution is -2.15. The van der Waals surface area contributed by atoms with Crippen LogP contribution in [0.3, 0.4) is 0 Å². The minimum absolute atomic E-state index is 0.0844. The van der Waals surface area contributed by atoms with E-state index in [9.17, 15) is 9.59 Å². The summed E-state index contributed by atoms with van der Waals surface area (Å²) in [5.74, 6) is 0.508. The predicted molar refractivity (Wildman–Crippen MR) is 115 cm³/mol. The van der Waals surface area contributed by atoms with Crippen LogP contribution < -0.4 is 15.8 Å². The fourth-order valence-electron chi connectivity index (χ4n) is 2.53. The average Bonchev–Trinajstić information content (AvgIpc) is 2.64. The van der Waals surface area contributed by atoms with E-state index in [0.717, 1.165) is 10.6 Å². The van der Waals surface area contributed by atoms with Crippen LogP contribution in [0.4, 0.5) is 5.69 Å². The van der Waals surface area contributed by atoms with Crippen LogP contribution in [0, 0.1) is 0 Å². The SMILES string of the molecule is CC(C)(C)c1ccc(OCCCC(=O)Nc2ccccc2SCC(N)=O)cc1. The van der Waals surface area contributed by atoms with E-state index in [0.29, 0.717) is 25.1 Å². The molecule has 0 aliphatic rings. The highest BCUT2D eigenvalue weighted by Gasteiger charge is 2.13. The topological polar surface area (TPSA) is 81.4 Å². The molecule has 0 bridgehead atoms. The molecule has 6 heteroatoms. The predicted octanol–water partition coefficient (Wildman–Crippen LogP) is 4.36. The van der Waals surface area contributed by atoms with Crippen molar-refractivity contribution in [1.29, 1.82) is 0 Å². The molecule has 2 aromatic rings. The number of anilines is 1. The highest BCUT2D eigenvalue weighted by atomic mass is 32.2. The first-order chi connectivity index (χ1) is 13.3. The van der Waals surface area contributed by atoms with Crippen LogP contribution >= 0.6 is 11.8 Å². The lowest BCUT2D eigenvalue weighted by molar-refractivity contribution is -0.116. The zero-order valence-electron chi connectivity index (χ0n) is 16.7. The summed E-state index contributed by atoms with van der Waals surface area (Å²) in [6.45, 7) is 6.99. The van der Waals surface area contributed by atoms with Gasteiger partial charge >= 0.3 is 0 Å². The highest BCUT2D eigenvalue weighted by molar-refractivity contribution is 8.00. The van der Waals surface area contributed by atoms with Crippen molar-refractivity contribution >= 4 is 29.3 Å². The van der Waals surface area contributed by atoms with Gasteiger partial charge in [-0.05, 0) is 41.7 Å². The van der Waals surface area contributed by atoms with E-state index in [1.54, 1.807) is 0 Å². The summed E-state index contributed by atoms with van der Waals surface area (Å²) in [5.41, 5.74) is 7.25. The van der Waals surface area contributed by atoms with Crippen LogP contribution in [0.25, 0.3) is 0 Å². The van der Waals surface area contributed by atoms with Crippen LogP contribution in [0.2, 0.25) is 0 Å². The normalized spacial score (nSPS) is 11.1. The van der Waals surface area contributed by atoms with Crippen molar-refractivity contribution in [3.63, 3.8) is 0 Å². The molecule has 0 saturated carbocycles. The number of benzene rings is 2. The largest absolute Gasteiger partial charge is 0.494 e. The maximum absolute atomic E-state index is 12.2. The standard InChI is InChI=1S/C22H28N2O3S/c1-22(2,3)16-10-12-17(13-11-16)27-14-6-9-21(26)24-18-7-4-5-8-19(18)28-15-20(23)25/h4-5,7-8,10-13H,6,9,14-15H2,1-3H3,(H2,23,25)(H,24,26). The lowest BCUT2D eigenvalue weighted by atomic mass is 9.87. The second-order valence-corrected chi connectivity index (χ2v) is 8.54. The smallest absolute Gasteiger partial charge is 0.227 e. The van der Waals surface area contributed by atoms with Gasteiger partial charge in [-0.25, -0.2) is 0 Å². The second kappa shape index (κ2) is 10.2. The number of rotatable bonds is 9. The van der Waals surface area contributed by atoms with Gasteiger partial charge in [0.1, 0.15) is 5.75 Å². The number of carbonyl (C=O) groups is 2. The summed E-state index contributed by atoms with van der Waals surface area (Å²) < 4.78 is 5.73. The van der Waals surface area contributed by atoms with Gasteiger partial charge in [-0.2, -0.15) is 0 Å². The number of thioether (sulfide) groups is 1. The van der Waals surface area contributed by atoms with Crippen molar-refractivity contribution in [2.24, 2.45) is 5.73 Å². The molecule has 0 radical (unpaired) electrons. The van der Waals surface area contributed by atoms with Gasteiger partial charge in [0.15, 0.2) is 0 Å². The van der Waals surface area contributed by atoms with Crippen molar-refractivity contribution in [3.8, 4) is 5.75 Å². The molecular formula is C22H28N2O3S. The van der Waals surface area contributed by atoms with Crippen molar-refractivity contribution in [3.05, 3.63) is 54.1 Å². The molecule has 0 spiro atoms. The number of nitrogens with two attached hydrogens (primary N) is 1. The Labute approximate surface area is 171 Å². The molecule has 150 valence electrons. The Hall–Kier alpha value is -2.47. The third kappa shape index (κ3) is 7.27. The first-order valence-electron chi connectivity index (χ1n) is 9.29. The van der Waals surface area contributed by atoms with E-state index >= 15 is 0 Å². The Kier molecular flexibility index (Phi) is 7.93. The number of para-hydroxylation sites is 1. The van der Waals surface area contributed by atoms with Gasteiger partial charge in [-0.1, -0.05) is 45.0 Å². The number of primary amides is 1. The Morgan fingerprint density at radius 3 is 2.39 bits per heavy atom. The molecule has 0 fully saturated rings. The molecule has 0 aromatic heterocycles. The van der Waals surface area contributed by atoms with Gasteiger partial charge in [-0.3, -0.25) is 9.59 Å². The molecule has 0 aliphatic carbocycles. The number of ether oxygens (including phenoxy) is 1. The molecule has 0 aliphatic heterocycles. The fourth-order valence-corrected chi connectivity index (χ4v) is 3.28. The average molecular weight is 401 g/mol. The van der Waals surface area contributed by atoms with E-state index in [1.165, 1.54) is 17.3 Å². The third-order valence-corrected chi connectivity index (χ3v) is 5.16. The molecule has 2 amide bonds. The summed E-state index contributed by atoms with van der Waals surface area (Å²) >= 11 is 1.31. The maximum Gasteiger partial charge on any atom is 0.227 e. The minimum Gasteiger partial charge on any atom is -0.494 e. The summed E-state index contributed by atoms with van der Waals surface area (Å²) in [6, 6.07) is 15.4. The van der Waals surface area contributed by atoms with Crippen molar-refractivity contribution < 1.29 is 14.3 Å². The summed E-state index contributed by atoms with van der Waals surface area (Å²) in [5, 5.41) is 2.89. The summed E-state index contributed by atoms with van der Waals surface area (Å²) in [4.78, 5) is 24.0. The third-order valence-electron chi connectivity index (χ3n) is 4.07. The van der Waals surface area contributed by atoms with Crippen molar-refractivity contribution in [1.82, 2.24) is 0 Å². The van der Waals surface area contributed by atoms with Gasteiger partial charge in [-0.15, -0.1) is 11.8 Å². The van der Waals surface area contributed by atoms with Crippen LogP contribution in [-0.2, 0) is 15.0 Å². The monoisotopic (exact) mass is 400 g/mol. The van der Waals surface area contributed by atoms with Gasteiger partial charge in [0.05, 0.1) is 18.0 Å². The molecular weight excluding hydrogens is 372 g/mol. The maximum atomic E-state index is 12.2. The highest BCUT2D eigenvalue weighted by Crippen LogP contribution is 2.27. The number of hydrogen-bond donors (Lipinski definition) is 2. The molecule has 0 heterocycles. The molecule has 0 saturated heterocycles. The molecule has 28 heavy (non-hydrogen) atoms. The first-order valence-corrected chi connectivity index (χ1v) is 10.3. The number of carbonyl (C=O) groups excluding carboxylic acids is 2. The number of amides is 2. The minimum atomic E-state index is -0.390. The van der Waals surface area contributed by atoms with E-state index in [2.05, 4.69) is 38.2 Å².